The van der Waals surface area contributed by atoms with E-state index in [9.17, 15) is 0 Å². The normalized spacial score (nSPS) is 15.8. The molecule has 0 unspecified atom stereocenters. The number of benzene rings is 4. The van der Waals surface area contributed by atoms with Crippen LogP contribution in [0.25, 0.3) is 22.3 Å². The first-order chi connectivity index (χ1) is 22.4. The molecule has 222 valence electrons. The third kappa shape index (κ3) is 5.18. The number of nitrogens with zero attached hydrogens (tertiary/aromatic N) is 2. The number of ether oxygens (including phenoxy) is 1. The van der Waals surface area contributed by atoms with E-state index in [0.29, 0.717) is 0 Å². The van der Waals surface area contributed by atoms with Gasteiger partial charge in [0, 0.05) is 57.1 Å². The maximum atomic E-state index is 5.95. The lowest BCUT2D eigenvalue weighted by Crippen LogP contribution is -2.19. The third-order valence-electron chi connectivity index (χ3n) is 8.21. The number of methoxy groups -OCH3 is 1. The third-order valence-corrected chi connectivity index (χ3v) is 10.2. The van der Waals surface area contributed by atoms with Crippen LogP contribution in [-0.4, -0.2) is 7.11 Å². The van der Waals surface area contributed by atoms with E-state index in [1.807, 2.05) is 6.07 Å². The van der Waals surface area contributed by atoms with Crippen LogP contribution >= 0.6 is 63.7 Å². The van der Waals surface area contributed by atoms with Gasteiger partial charge in [-0.2, -0.15) is 0 Å². The highest BCUT2D eigenvalue weighted by atomic mass is 79.9. The molecule has 0 radical (unpaired) electrons. The van der Waals surface area contributed by atoms with Gasteiger partial charge in [-0.3, -0.25) is 0 Å². The Labute approximate surface area is 301 Å². The highest BCUT2D eigenvalue weighted by molar-refractivity contribution is 9.12. The van der Waals surface area contributed by atoms with E-state index >= 15 is 0 Å². The number of halogens is 4. The Balaban J connectivity index is 1.27. The SMILES string of the molecule is COc1ccc(N2C3=C=C(C=C(Br)C=C3)c3cc(Br)ccc32)cc1-c1cccc(N2C3=C=C(C=C(Br)C=C3)c3cc(Br)ccc32)c1. The molecular formula is C39H22Br4N2O. The molecule has 0 aromatic heterocycles. The van der Waals surface area contributed by atoms with Crippen LogP contribution < -0.4 is 14.5 Å². The molecule has 2 aliphatic heterocycles. The second-order valence-corrected chi connectivity index (χ2v) is 14.7. The average molecular weight is 854 g/mol. The summed E-state index contributed by atoms with van der Waals surface area (Å²) < 4.78 is 10.00. The number of hydrogen-bond donors (Lipinski definition) is 0. The van der Waals surface area contributed by atoms with Crippen molar-refractivity contribution in [3.05, 3.63) is 167 Å². The van der Waals surface area contributed by atoms with E-state index in [4.69, 9.17) is 4.74 Å². The topological polar surface area (TPSA) is 15.7 Å². The first-order valence-electron chi connectivity index (χ1n) is 14.5. The lowest BCUT2D eigenvalue weighted by molar-refractivity contribution is 0.416. The average Bonchev–Trinajstić information content (AvgIpc) is 3.33. The second-order valence-electron chi connectivity index (χ2n) is 11.0. The number of allylic oxidation sites excluding steroid dienone is 8. The predicted molar refractivity (Wildman–Crippen MR) is 204 cm³/mol. The molecule has 2 aliphatic carbocycles. The molecular weight excluding hydrogens is 832 g/mol. The van der Waals surface area contributed by atoms with Crippen molar-refractivity contribution >= 4 is 97.6 Å². The van der Waals surface area contributed by atoms with Crippen molar-refractivity contribution in [1.29, 1.82) is 0 Å². The molecule has 0 fully saturated rings. The van der Waals surface area contributed by atoms with Crippen LogP contribution in [0.3, 0.4) is 0 Å². The Hall–Kier alpha value is -3.80. The van der Waals surface area contributed by atoms with Gasteiger partial charge in [0.2, 0.25) is 0 Å². The zero-order chi connectivity index (χ0) is 31.5. The smallest absolute Gasteiger partial charge is 0.126 e. The van der Waals surface area contributed by atoms with Crippen LogP contribution in [0.2, 0.25) is 0 Å². The molecule has 8 rings (SSSR count). The summed E-state index contributed by atoms with van der Waals surface area (Å²) >= 11 is 14.7. The highest BCUT2D eigenvalue weighted by Gasteiger charge is 2.26. The summed E-state index contributed by atoms with van der Waals surface area (Å²) in [5, 5.41) is 0. The van der Waals surface area contributed by atoms with Crippen molar-refractivity contribution in [2.24, 2.45) is 0 Å². The molecule has 7 heteroatoms. The quantitative estimate of drug-likeness (QED) is 0.190. The maximum Gasteiger partial charge on any atom is 0.126 e. The van der Waals surface area contributed by atoms with E-state index < -0.39 is 0 Å². The van der Waals surface area contributed by atoms with Crippen molar-refractivity contribution in [2.75, 3.05) is 16.9 Å². The van der Waals surface area contributed by atoms with Crippen LogP contribution in [-0.2, 0) is 0 Å². The van der Waals surface area contributed by atoms with Gasteiger partial charge in [0.15, 0.2) is 0 Å². The fourth-order valence-electron chi connectivity index (χ4n) is 6.20. The van der Waals surface area contributed by atoms with Crippen LogP contribution in [0.4, 0.5) is 22.7 Å². The molecule has 46 heavy (non-hydrogen) atoms. The molecule has 4 bridgehead atoms. The van der Waals surface area contributed by atoms with Gasteiger partial charge in [0.25, 0.3) is 0 Å². The van der Waals surface area contributed by atoms with Crippen molar-refractivity contribution in [2.45, 2.75) is 0 Å². The highest BCUT2D eigenvalue weighted by Crippen LogP contribution is 2.47. The zero-order valence-electron chi connectivity index (χ0n) is 24.3. The molecule has 0 spiro atoms. The van der Waals surface area contributed by atoms with Crippen molar-refractivity contribution in [3.8, 4) is 16.9 Å². The minimum Gasteiger partial charge on any atom is -0.496 e. The Bertz CT molecular complexity index is 2280. The predicted octanol–water partition coefficient (Wildman–Crippen LogP) is 12.6. The molecule has 4 aromatic carbocycles. The van der Waals surface area contributed by atoms with Crippen LogP contribution in [0.15, 0.2) is 156 Å². The molecule has 4 aliphatic rings. The maximum absolute atomic E-state index is 5.95. The van der Waals surface area contributed by atoms with Crippen LogP contribution in [0, 0.1) is 0 Å². The van der Waals surface area contributed by atoms with Gasteiger partial charge < -0.3 is 14.5 Å². The summed E-state index contributed by atoms with van der Waals surface area (Å²) in [7, 11) is 1.72. The van der Waals surface area contributed by atoms with Gasteiger partial charge in [-0.15, -0.1) is 0 Å². The monoisotopic (exact) mass is 850 g/mol. The van der Waals surface area contributed by atoms with Gasteiger partial charge in [0.05, 0.1) is 29.9 Å². The Morgan fingerprint density at radius 1 is 0.565 bits per heavy atom. The molecule has 0 N–H and O–H groups in total. The minimum absolute atomic E-state index is 0.798. The molecule has 0 atom stereocenters. The van der Waals surface area contributed by atoms with Gasteiger partial charge in [0.1, 0.15) is 5.75 Å². The number of hydrogen-bond acceptors (Lipinski definition) is 3. The summed E-state index contributed by atoms with van der Waals surface area (Å²) in [6.07, 6.45) is 12.6. The van der Waals surface area contributed by atoms with Gasteiger partial charge >= 0.3 is 0 Å². The first-order valence-corrected chi connectivity index (χ1v) is 17.6. The Morgan fingerprint density at radius 2 is 1.13 bits per heavy atom. The lowest BCUT2D eigenvalue weighted by Gasteiger charge is -2.31. The summed E-state index contributed by atoms with van der Waals surface area (Å²) in [5.74, 6) is 0.798. The van der Waals surface area contributed by atoms with E-state index in [0.717, 1.165) is 91.2 Å². The van der Waals surface area contributed by atoms with E-state index in [1.165, 1.54) is 0 Å². The van der Waals surface area contributed by atoms with Crippen LogP contribution in [0.5, 0.6) is 5.75 Å². The first kappa shape index (κ1) is 29.6. The largest absolute Gasteiger partial charge is 0.496 e. The summed E-state index contributed by atoms with van der Waals surface area (Å²) in [6.45, 7) is 0. The van der Waals surface area contributed by atoms with Gasteiger partial charge in [-0.05, 0) is 109 Å². The summed E-state index contributed by atoms with van der Waals surface area (Å²) in [5.41, 5.74) is 19.8. The summed E-state index contributed by atoms with van der Waals surface area (Å²) in [6, 6.07) is 27.7. The van der Waals surface area contributed by atoms with E-state index in [2.05, 4.69) is 194 Å². The number of fused-ring (bicyclic) bond motifs is 4. The van der Waals surface area contributed by atoms with Crippen LogP contribution in [0.1, 0.15) is 11.1 Å². The Morgan fingerprint density at radius 3 is 1.70 bits per heavy atom. The summed E-state index contributed by atoms with van der Waals surface area (Å²) in [4.78, 5) is 4.52. The van der Waals surface area contributed by atoms with Crippen molar-refractivity contribution in [3.63, 3.8) is 0 Å². The fourth-order valence-corrected chi connectivity index (χ4v) is 7.64. The second kappa shape index (κ2) is 11.8. The molecule has 4 aromatic rings. The van der Waals surface area contributed by atoms with Crippen molar-refractivity contribution < 1.29 is 4.74 Å². The lowest BCUT2D eigenvalue weighted by atomic mass is 9.97. The van der Waals surface area contributed by atoms with E-state index in [1.54, 1.807) is 7.11 Å². The molecule has 0 amide bonds. The molecule has 3 nitrogen and oxygen atoms in total. The van der Waals surface area contributed by atoms with Crippen molar-refractivity contribution in [1.82, 2.24) is 0 Å². The Kier molecular flexibility index (Phi) is 7.57. The van der Waals surface area contributed by atoms with Gasteiger partial charge in [-0.25, -0.2) is 0 Å². The molecule has 0 saturated heterocycles. The van der Waals surface area contributed by atoms with Gasteiger partial charge in [-0.1, -0.05) is 87.3 Å². The number of anilines is 4. The van der Waals surface area contributed by atoms with E-state index in [-0.39, 0.29) is 0 Å². The fraction of sp³-hybridized carbons (Fsp3) is 0.0256. The standard InChI is InChI=1S/C39H22Br4N2O/c1-46-39-14-11-33(45-32-10-6-27(41)16-25(19-32)35-21-29(43)8-13-38(35)45)22-36(39)23-3-2-4-30(17-23)44-31-9-5-26(40)15-24(18-31)34-20-28(42)7-12-37(34)44/h2-17,20-22H,1H3. The minimum atomic E-state index is 0.798. The molecule has 0 saturated carbocycles. The zero-order valence-corrected chi connectivity index (χ0v) is 30.6. The number of rotatable bonds is 4. The molecule has 2 heterocycles.